The zero-order valence-electron chi connectivity index (χ0n) is 12.3. The molecule has 0 aliphatic heterocycles. The molecule has 2 rings (SSSR count). The van der Waals surface area contributed by atoms with Crippen molar-refractivity contribution in [2.24, 2.45) is 0 Å². The summed E-state index contributed by atoms with van der Waals surface area (Å²) >= 11 is 3.39. The van der Waals surface area contributed by atoms with Crippen LogP contribution in [0.25, 0.3) is 0 Å². The van der Waals surface area contributed by atoms with Crippen LogP contribution in [0.1, 0.15) is 16.7 Å². The SMILES string of the molecule is Cc1cc(C)cc(OC(=O)COc2ccc(Br)cc2C)c1. The van der Waals surface area contributed by atoms with Gasteiger partial charge in [-0.2, -0.15) is 0 Å². The third kappa shape index (κ3) is 4.60. The highest BCUT2D eigenvalue weighted by Crippen LogP contribution is 2.22. The number of ether oxygens (including phenoxy) is 2. The first-order valence-corrected chi connectivity index (χ1v) is 7.41. The Morgan fingerprint density at radius 2 is 1.71 bits per heavy atom. The van der Waals surface area contributed by atoms with Crippen LogP contribution in [-0.2, 0) is 4.79 Å². The smallest absolute Gasteiger partial charge is 0.349 e. The largest absolute Gasteiger partial charge is 0.482 e. The molecule has 4 heteroatoms. The molecule has 21 heavy (non-hydrogen) atoms. The van der Waals surface area contributed by atoms with Gasteiger partial charge in [0.15, 0.2) is 6.61 Å². The van der Waals surface area contributed by atoms with Crippen LogP contribution >= 0.6 is 15.9 Å². The lowest BCUT2D eigenvalue weighted by molar-refractivity contribution is -0.136. The molecule has 0 fully saturated rings. The molecule has 0 amide bonds. The summed E-state index contributed by atoms with van der Waals surface area (Å²) in [6.45, 7) is 5.74. The topological polar surface area (TPSA) is 35.5 Å². The summed E-state index contributed by atoms with van der Waals surface area (Å²) in [6, 6.07) is 11.3. The fourth-order valence-electron chi connectivity index (χ4n) is 2.06. The number of hydrogen-bond donors (Lipinski definition) is 0. The van der Waals surface area contributed by atoms with Gasteiger partial charge in [0.25, 0.3) is 0 Å². The first-order chi connectivity index (χ1) is 9.94. The van der Waals surface area contributed by atoms with Crippen LogP contribution in [-0.4, -0.2) is 12.6 Å². The molecule has 0 aliphatic rings. The standard InChI is InChI=1S/C17H17BrO3/c1-11-6-12(2)8-15(7-11)21-17(19)10-20-16-5-4-14(18)9-13(16)3/h4-9H,10H2,1-3H3. The number of esters is 1. The fraction of sp³-hybridized carbons (Fsp3) is 0.235. The minimum absolute atomic E-state index is 0.116. The Hall–Kier alpha value is -1.81. The van der Waals surface area contributed by atoms with Crippen LogP contribution in [0, 0.1) is 20.8 Å². The Kier molecular flexibility index (Phi) is 5.02. The summed E-state index contributed by atoms with van der Waals surface area (Å²) in [4.78, 5) is 11.8. The molecule has 0 heterocycles. The van der Waals surface area contributed by atoms with E-state index in [9.17, 15) is 4.79 Å². The molecule has 2 aromatic carbocycles. The Morgan fingerprint density at radius 3 is 2.33 bits per heavy atom. The van der Waals surface area contributed by atoms with Crippen molar-refractivity contribution in [1.82, 2.24) is 0 Å². The lowest BCUT2D eigenvalue weighted by Crippen LogP contribution is -2.18. The van der Waals surface area contributed by atoms with Gasteiger partial charge in [-0.1, -0.05) is 22.0 Å². The number of benzene rings is 2. The molecule has 2 aromatic rings. The van der Waals surface area contributed by atoms with E-state index in [1.165, 1.54) is 0 Å². The summed E-state index contributed by atoms with van der Waals surface area (Å²) in [6.07, 6.45) is 0. The van der Waals surface area contributed by atoms with Crippen molar-refractivity contribution in [3.63, 3.8) is 0 Å². The van der Waals surface area contributed by atoms with Crippen molar-refractivity contribution in [2.75, 3.05) is 6.61 Å². The van der Waals surface area contributed by atoms with Gasteiger partial charge in [0.1, 0.15) is 11.5 Å². The lowest BCUT2D eigenvalue weighted by atomic mass is 10.1. The van der Waals surface area contributed by atoms with Crippen molar-refractivity contribution in [3.8, 4) is 11.5 Å². The van der Waals surface area contributed by atoms with Gasteiger partial charge in [-0.3, -0.25) is 0 Å². The van der Waals surface area contributed by atoms with Gasteiger partial charge in [-0.05, 0) is 67.8 Å². The maximum Gasteiger partial charge on any atom is 0.349 e. The third-order valence-electron chi connectivity index (χ3n) is 2.91. The Morgan fingerprint density at radius 1 is 1.05 bits per heavy atom. The predicted octanol–water partition coefficient (Wildman–Crippen LogP) is 4.36. The zero-order valence-corrected chi connectivity index (χ0v) is 13.9. The molecular formula is C17H17BrO3. The second kappa shape index (κ2) is 6.76. The molecule has 0 saturated heterocycles. The number of aryl methyl sites for hydroxylation is 3. The maximum atomic E-state index is 11.8. The van der Waals surface area contributed by atoms with Crippen molar-refractivity contribution in [1.29, 1.82) is 0 Å². The van der Waals surface area contributed by atoms with Gasteiger partial charge in [0.2, 0.25) is 0 Å². The molecule has 0 spiro atoms. The van der Waals surface area contributed by atoms with E-state index in [1.54, 1.807) is 0 Å². The molecule has 0 bridgehead atoms. The molecular weight excluding hydrogens is 332 g/mol. The van der Waals surface area contributed by atoms with Gasteiger partial charge in [-0.25, -0.2) is 4.79 Å². The molecule has 0 aliphatic carbocycles. The van der Waals surface area contributed by atoms with Gasteiger partial charge >= 0.3 is 5.97 Å². The van der Waals surface area contributed by atoms with E-state index in [0.717, 1.165) is 21.2 Å². The average molecular weight is 349 g/mol. The van der Waals surface area contributed by atoms with Crippen LogP contribution in [0.4, 0.5) is 0 Å². The Balaban J connectivity index is 1.95. The minimum Gasteiger partial charge on any atom is -0.482 e. The van der Waals surface area contributed by atoms with Crippen molar-refractivity contribution in [3.05, 3.63) is 57.6 Å². The van der Waals surface area contributed by atoms with Gasteiger partial charge in [0, 0.05) is 4.47 Å². The highest BCUT2D eigenvalue weighted by molar-refractivity contribution is 9.10. The maximum absolute atomic E-state index is 11.8. The molecule has 0 radical (unpaired) electrons. The molecule has 0 atom stereocenters. The quantitative estimate of drug-likeness (QED) is 0.608. The third-order valence-corrected chi connectivity index (χ3v) is 3.40. The summed E-state index contributed by atoms with van der Waals surface area (Å²) in [5.41, 5.74) is 3.08. The number of carbonyl (C=O) groups is 1. The van der Waals surface area contributed by atoms with E-state index >= 15 is 0 Å². The number of rotatable bonds is 4. The molecule has 0 N–H and O–H groups in total. The normalized spacial score (nSPS) is 10.3. The summed E-state index contributed by atoms with van der Waals surface area (Å²) in [5, 5.41) is 0. The van der Waals surface area contributed by atoms with Crippen LogP contribution < -0.4 is 9.47 Å². The second-order valence-electron chi connectivity index (χ2n) is 5.00. The van der Waals surface area contributed by atoms with Crippen molar-refractivity contribution in [2.45, 2.75) is 20.8 Å². The van der Waals surface area contributed by atoms with Gasteiger partial charge < -0.3 is 9.47 Å². The molecule has 0 unspecified atom stereocenters. The monoisotopic (exact) mass is 348 g/mol. The van der Waals surface area contributed by atoms with Crippen LogP contribution in [0.15, 0.2) is 40.9 Å². The van der Waals surface area contributed by atoms with Crippen LogP contribution in [0.3, 0.4) is 0 Å². The summed E-state index contributed by atoms with van der Waals surface area (Å²) in [7, 11) is 0. The molecule has 110 valence electrons. The first kappa shape index (κ1) is 15.6. The highest BCUT2D eigenvalue weighted by Gasteiger charge is 2.08. The zero-order chi connectivity index (χ0) is 15.4. The van der Waals surface area contributed by atoms with E-state index in [0.29, 0.717) is 11.5 Å². The van der Waals surface area contributed by atoms with Crippen LogP contribution in [0.5, 0.6) is 11.5 Å². The first-order valence-electron chi connectivity index (χ1n) is 6.62. The lowest BCUT2D eigenvalue weighted by Gasteiger charge is -2.10. The second-order valence-corrected chi connectivity index (χ2v) is 5.91. The highest BCUT2D eigenvalue weighted by atomic mass is 79.9. The van der Waals surface area contributed by atoms with Crippen LogP contribution in [0.2, 0.25) is 0 Å². The average Bonchev–Trinajstić information content (AvgIpc) is 2.36. The van der Waals surface area contributed by atoms with E-state index in [2.05, 4.69) is 15.9 Å². The summed E-state index contributed by atoms with van der Waals surface area (Å²) in [5.74, 6) is 0.812. The van der Waals surface area contributed by atoms with Crippen molar-refractivity contribution >= 4 is 21.9 Å². The number of halogens is 1. The Bertz CT molecular complexity index is 645. The number of carbonyl (C=O) groups excluding carboxylic acids is 1. The molecule has 0 saturated carbocycles. The van der Waals surface area contributed by atoms with Crippen molar-refractivity contribution < 1.29 is 14.3 Å². The van der Waals surface area contributed by atoms with E-state index in [-0.39, 0.29) is 6.61 Å². The van der Waals surface area contributed by atoms with Gasteiger partial charge in [-0.15, -0.1) is 0 Å². The number of hydrogen-bond acceptors (Lipinski definition) is 3. The van der Waals surface area contributed by atoms with Gasteiger partial charge in [0.05, 0.1) is 0 Å². The molecule has 3 nitrogen and oxygen atoms in total. The minimum atomic E-state index is -0.415. The molecule has 0 aromatic heterocycles. The van der Waals surface area contributed by atoms with E-state index in [1.807, 2.05) is 57.2 Å². The summed E-state index contributed by atoms with van der Waals surface area (Å²) < 4.78 is 11.8. The van der Waals surface area contributed by atoms with E-state index in [4.69, 9.17) is 9.47 Å². The fourth-order valence-corrected chi connectivity index (χ4v) is 2.54. The Labute approximate surface area is 133 Å². The van der Waals surface area contributed by atoms with E-state index < -0.39 is 5.97 Å². The predicted molar refractivity (Wildman–Crippen MR) is 85.9 cm³/mol.